The number of rotatable bonds is 2. The first-order valence-corrected chi connectivity index (χ1v) is 4.77. The highest BCUT2D eigenvalue weighted by Gasteiger charge is 2.43. The molecule has 0 radical (unpaired) electrons. The number of nitrogens with one attached hydrogen (secondary N) is 1. The van der Waals surface area contributed by atoms with E-state index in [1.54, 1.807) is 25.3 Å². The number of carbonyl (C=O) groups is 1. The third-order valence-corrected chi connectivity index (χ3v) is 2.27. The highest BCUT2D eigenvalue weighted by atomic mass is 16.6. The summed E-state index contributed by atoms with van der Waals surface area (Å²) in [6.07, 6.45) is 1.76. The van der Waals surface area contributed by atoms with Crippen molar-refractivity contribution in [2.75, 3.05) is 11.9 Å². The van der Waals surface area contributed by atoms with Gasteiger partial charge < -0.3 is 15.2 Å². The van der Waals surface area contributed by atoms with Gasteiger partial charge in [0, 0.05) is 6.20 Å². The molecule has 0 aliphatic carbocycles. The summed E-state index contributed by atoms with van der Waals surface area (Å²) in [6.45, 7) is 1.94. The lowest BCUT2D eigenvalue weighted by atomic mass is 10.1. The molecule has 0 aromatic carbocycles. The lowest BCUT2D eigenvalue weighted by Gasteiger charge is -2.20. The molecule has 0 bridgehead atoms. The molecule has 1 aliphatic heterocycles. The van der Waals surface area contributed by atoms with E-state index in [0.717, 1.165) is 0 Å². The highest BCUT2D eigenvalue weighted by molar-refractivity contribution is 5.85. The van der Waals surface area contributed by atoms with E-state index in [9.17, 15) is 9.90 Å². The Hall–Kier alpha value is -1.62. The summed E-state index contributed by atoms with van der Waals surface area (Å²) in [5.74, 6) is -0.664. The standard InChI is InChI=1S/C10H12N2O3/c1-2-15-9(13)10(14)6-8-7(12-10)4-3-5-11-8/h3-5,12,14H,2,6H2,1H3. The fourth-order valence-electron chi connectivity index (χ4n) is 1.58. The second-order valence-corrected chi connectivity index (χ2v) is 3.38. The highest BCUT2D eigenvalue weighted by Crippen LogP contribution is 2.29. The molecule has 15 heavy (non-hydrogen) atoms. The number of hydrogen-bond donors (Lipinski definition) is 2. The quantitative estimate of drug-likeness (QED) is 0.684. The maximum Gasteiger partial charge on any atom is 0.359 e. The minimum absolute atomic E-state index is 0.141. The lowest BCUT2D eigenvalue weighted by molar-refractivity contribution is -0.161. The van der Waals surface area contributed by atoms with Gasteiger partial charge in [0.1, 0.15) is 0 Å². The first-order valence-electron chi connectivity index (χ1n) is 4.77. The molecule has 2 rings (SSSR count). The molecule has 1 aliphatic rings. The molecule has 2 N–H and O–H groups in total. The van der Waals surface area contributed by atoms with Crippen molar-refractivity contribution < 1.29 is 14.6 Å². The van der Waals surface area contributed by atoms with Gasteiger partial charge in [0.25, 0.3) is 0 Å². The van der Waals surface area contributed by atoms with Crippen LogP contribution < -0.4 is 5.32 Å². The van der Waals surface area contributed by atoms with Gasteiger partial charge in [-0.1, -0.05) is 0 Å². The van der Waals surface area contributed by atoms with Gasteiger partial charge in [-0.05, 0) is 19.1 Å². The number of fused-ring (bicyclic) bond motifs is 1. The van der Waals surface area contributed by atoms with Crippen LogP contribution in [0.2, 0.25) is 0 Å². The maximum atomic E-state index is 11.5. The summed E-state index contributed by atoms with van der Waals surface area (Å²) in [7, 11) is 0. The Morgan fingerprint density at radius 1 is 1.80 bits per heavy atom. The van der Waals surface area contributed by atoms with Crippen LogP contribution in [0, 0.1) is 0 Å². The van der Waals surface area contributed by atoms with Crippen LogP contribution in [0.3, 0.4) is 0 Å². The molecular weight excluding hydrogens is 196 g/mol. The normalized spacial score (nSPS) is 23.1. The Morgan fingerprint density at radius 2 is 2.60 bits per heavy atom. The van der Waals surface area contributed by atoms with E-state index in [1.807, 2.05) is 0 Å². The van der Waals surface area contributed by atoms with Crippen LogP contribution >= 0.6 is 0 Å². The zero-order valence-corrected chi connectivity index (χ0v) is 8.36. The number of esters is 1. The summed E-state index contributed by atoms with van der Waals surface area (Å²) in [5, 5.41) is 12.7. The van der Waals surface area contributed by atoms with Crippen LogP contribution in [0.1, 0.15) is 12.6 Å². The molecular formula is C10H12N2O3. The summed E-state index contributed by atoms with van der Waals surface area (Å²) >= 11 is 0. The molecule has 1 unspecified atom stereocenters. The van der Waals surface area contributed by atoms with Crippen LogP contribution in [0.25, 0.3) is 0 Å². The number of carbonyl (C=O) groups excluding carboxylic acids is 1. The number of aliphatic hydroxyl groups is 1. The van der Waals surface area contributed by atoms with E-state index in [2.05, 4.69) is 10.3 Å². The minimum Gasteiger partial charge on any atom is -0.462 e. The number of hydrogen-bond acceptors (Lipinski definition) is 5. The Bertz CT molecular complexity index is 367. The van der Waals surface area contributed by atoms with Gasteiger partial charge in [0.15, 0.2) is 0 Å². The third-order valence-electron chi connectivity index (χ3n) is 2.27. The third kappa shape index (κ3) is 1.66. The van der Waals surface area contributed by atoms with Crippen molar-refractivity contribution in [2.24, 2.45) is 0 Å². The smallest absolute Gasteiger partial charge is 0.359 e. The molecule has 0 saturated carbocycles. The molecule has 80 valence electrons. The summed E-state index contributed by atoms with van der Waals surface area (Å²) in [6, 6.07) is 3.50. The van der Waals surface area contributed by atoms with E-state index >= 15 is 0 Å². The number of nitrogens with zero attached hydrogens (tertiary/aromatic N) is 1. The Labute approximate surface area is 87.1 Å². The van der Waals surface area contributed by atoms with E-state index < -0.39 is 11.7 Å². The van der Waals surface area contributed by atoms with E-state index in [1.165, 1.54) is 0 Å². The second kappa shape index (κ2) is 3.51. The minimum atomic E-state index is -1.66. The SMILES string of the molecule is CCOC(=O)C1(O)Cc2ncccc2N1. The molecule has 5 heteroatoms. The molecule has 1 aromatic heterocycles. The number of pyridine rings is 1. The van der Waals surface area contributed by atoms with Gasteiger partial charge in [0.05, 0.1) is 24.4 Å². The fraction of sp³-hybridized carbons (Fsp3) is 0.400. The largest absolute Gasteiger partial charge is 0.462 e. The zero-order chi connectivity index (χ0) is 10.9. The Kier molecular flexibility index (Phi) is 2.32. The van der Waals surface area contributed by atoms with Gasteiger partial charge in [-0.15, -0.1) is 0 Å². The van der Waals surface area contributed by atoms with Crippen molar-refractivity contribution in [1.82, 2.24) is 4.98 Å². The zero-order valence-electron chi connectivity index (χ0n) is 8.36. The van der Waals surface area contributed by atoms with Gasteiger partial charge in [-0.2, -0.15) is 0 Å². The topological polar surface area (TPSA) is 71.5 Å². The van der Waals surface area contributed by atoms with Crippen LogP contribution in [-0.2, 0) is 16.0 Å². The molecule has 1 aromatic rings. The average Bonchev–Trinajstić information content (AvgIpc) is 2.56. The first-order chi connectivity index (χ1) is 7.15. The summed E-state index contributed by atoms with van der Waals surface area (Å²) in [4.78, 5) is 15.5. The van der Waals surface area contributed by atoms with Crippen molar-refractivity contribution in [3.05, 3.63) is 24.0 Å². The van der Waals surface area contributed by atoms with Gasteiger partial charge in [0.2, 0.25) is 5.72 Å². The van der Waals surface area contributed by atoms with E-state index in [0.29, 0.717) is 11.4 Å². The van der Waals surface area contributed by atoms with Gasteiger partial charge in [-0.3, -0.25) is 4.98 Å². The maximum absolute atomic E-state index is 11.5. The number of ether oxygens (including phenoxy) is 1. The molecule has 5 nitrogen and oxygen atoms in total. The molecule has 0 amide bonds. The monoisotopic (exact) mass is 208 g/mol. The lowest BCUT2D eigenvalue weighted by Crippen LogP contribution is -2.46. The molecule has 2 heterocycles. The van der Waals surface area contributed by atoms with Gasteiger partial charge >= 0.3 is 5.97 Å². The summed E-state index contributed by atoms with van der Waals surface area (Å²) in [5.41, 5.74) is -0.312. The number of aromatic nitrogens is 1. The predicted molar refractivity (Wildman–Crippen MR) is 53.1 cm³/mol. The Morgan fingerprint density at radius 3 is 3.27 bits per heavy atom. The number of anilines is 1. The Balaban J connectivity index is 2.21. The van der Waals surface area contributed by atoms with Crippen LogP contribution in [0.4, 0.5) is 5.69 Å². The molecule has 0 saturated heterocycles. The first kappa shape index (κ1) is 9.92. The van der Waals surface area contributed by atoms with Crippen molar-refractivity contribution in [3.63, 3.8) is 0 Å². The van der Waals surface area contributed by atoms with Crippen LogP contribution in [0.15, 0.2) is 18.3 Å². The van der Waals surface area contributed by atoms with Crippen LogP contribution in [-0.4, -0.2) is 28.4 Å². The van der Waals surface area contributed by atoms with E-state index in [-0.39, 0.29) is 13.0 Å². The average molecular weight is 208 g/mol. The molecule has 0 spiro atoms. The van der Waals surface area contributed by atoms with Gasteiger partial charge in [-0.25, -0.2) is 4.79 Å². The fourth-order valence-corrected chi connectivity index (χ4v) is 1.58. The van der Waals surface area contributed by atoms with E-state index in [4.69, 9.17) is 4.74 Å². The summed E-state index contributed by atoms with van der Waals surface area (Å²) < 4.78 is 4.78. The second-order valence-electron chi connectivity index (χ2n) is 3.38. The van der Waals surface area contributed by atoms with Crippen molar-refractivity contribution in [1.29, 1.82) is 0 Å². The van der Waals surface area contributed by atoms with Crippen LogP contribution in [0.5, 0.6) is 0 Å². The predicted octanol–water partition coefficient (Wildman–Crippen LogP) is 0.301. The van der Waals surface area contributed by atoms with Crippen molar-refractivity contribution in [2.45, 2.75) is 19.1 Å². The van der Waals surface area contributed by atoms with Crippen molar-refractivity contribution >= 4 is 11.7 Å². The van der Waals surface area contributed by atoms with Crippen molar-refractivity contribution in [3.8, 4) is 0 Å². The molecule has 1 atom stereocenters. The molecule has 0 fully saturated rings.